The number of hydrogen-bond acceptors (Lipinski definition) is 5. The minimum atomic E-state index is -1.53. The molecule has 2 rings (SSSR count). The molecule has 0 atom stereocenters. The van der Waals surface area contributed by atoms with Gasteiger partial charge in [-0.05, 0) is 6.92 Å². The van der Waals surface area contributed by atoms with Crippen LogP contribution in [0.1, 0.15) is 12.6 Å². The smallest absolute Gasteiger partial charge is 0.311 e. The number of ether oxygens (including phenoxy) is 1. The van der Waals surface area contributed by atoms with Crippen molar-refractivity contribution in [2.45, 2.75) is 13.3 Å². The summed E-state index contributed by atoms with van der Waals surface area (Å²) in [7, 11) is 0. The Kier molecular flexibility index (Phi) is 4.79. The average Bonchev–Trinajstić information content (AvgIpc) is 2.83. The predicted molar refractivity (Wildman–Crippen MR) is 72.0 cm³/mol. The molecule has 0 aliphatic carbocycles. The minimum absolute atomic E-state index is 0.0121. The number of esters is 1. The fraction of sp³-hybridized carbons (Fsp3) is 0.231. The maximum absolute atomic E-state index is 13.1. The molecule has 0 saturated heterocycles. The van der Waals surface area contributed by atoms with Crippen LogP contribution in [0.15, 0.2) is 17.5 Å². The third kappa shape index (κ3) is 3.94. The molecule has 1 aromatic heterocycles. The summed E-state index contributed by atoms with van der Waals surface area (Å²) >= 11 is 1.15. The summed E-state index contributed by atoms with van der Waals surface area (Å²) < 4.78 is 43.8. The molecule has 1 N–H and O–H groups in total. The first-order chi connectivity index (χ1) is 9.99. The number of carbonyl (C=O) groups excluding carboxylic acids is 1. The van der Waals surface area contributed by atoms with E-state index in [4.69, 9.17) is 4.74 Å². The number of carbonyl (C=O) groups is 1. The van der Waals surface area contributed by atoms with Gasteiger partial charge in [0.15, 0.2) is 22.6 Å². The van der Waals surface area contributed by atoms with Crippen LogP contribution in [-0.4, -0.2) is 17.6 Å². The maximum atomic E-state index is 13.1. The molecular formula is C13H11F3N2O2S. The number of nitrogens with zero attached hydrogens (tertiary/aromatic N) is 1. The summed E-state index contributed by atoms with van der Waals surface area (Å²) in [6, 6.07) is 1.65. The van der Waals surface area contributed by atoms with Crippen molar-refractivity contribution in [3.8, 4) is 0 Å². The Labute approximate surface area is 122 Å². The molecular weight excluding hydrogens is 305 g/mol. The zero-order chi connectivity index (χ0) is 15.4. The van der Waals surface area contributed by atoms with E-state index in [9.17, 15) is 18.0 Å². The third-order valence-corrected chi connectivity index (χ3v) is 3.22. The second-order valence-electron chi connectivity index (χ2n) is 4.00. The van der Waals surface area contributed by atoms with Crippen molar-refractivity contribution >= 4 is 28.1 Å². The summed E-state index contributed by atoms with van der Waals surface area (Å²) in [6.45, 7) is 1.98. The lowest BCUT2D eigenvalue weighted by Gasteiger charge is -2.04. The summed E-state index contributed by atoms with van der Waals surface area (Å²) in [5.74, 6) is -4.52. The molecule has 0 bridgehead atoms. The number of benzene rings is 1. The molecule has 4 nitrogen and oxygen atoms in total. The predicted octanol–water partition coefficient (Wildman–Crippen LogP) is 3.41. The van der Waals surface area contributed by atoms with Crippen LogP contribution in [0.5, 0.6) is 0 Å². The molecule has 1 aromatic carbocycles. The van der Waals surface area contributed by atoms with E-state index in [1.54, 1.807) is 12.3 Å². The van der Waals surface area contributed by atoms with E-state index in [1.165, 1.54) is 0 Å². The second-order valence-corrected chi connectivity index (χ2v) is 4.86. The highest BCUT2D eigenvalue weighted by Crippen LogP contribution is 2.24. The Bertz CT molecular complexity index is 638. The Morgan fingerprint density at radius 1 is 1.33 bits per heavy atom. The van der Waals surface area contributed by atoms with Crippen molar-refractivity contribution in [1.29, 1.82) is 0 Å². The SMILES string of the molecule is CCOC(=O)Cc1csc(Nc2cc(F)c(F)c(F)c2)n1. The molecule has 0 aliphatic rings. The highest BCUT2D eigenvalue weighted by atomic mass is 32.1. The van der Waals surface area contributed by atoms with Gasteiger partial charge < -0.3 is 10.1 Å². The standard InChI is InChI=1S/C13H11F3N2O2S/c1-2-20-11(19)5-8-6-21-13(18-8)17-7-3-9(14)12(16)10(15)4-7/h3-4,6H,2,5H2,1H3,(H,17,18). The minimum Gasteiger partial charge on any atom is -0.466 e. The first-order valence-corrected chi connectivity index (χ1v) is 6.89. The van der Waals surface area contributed by atoms with Gasteiger partial charge in [0.25, 0.3) is 0 Å². The summed E-state index contributed by atoms with van der Waals surface area (Å²) in [5, 5.41) is 4.60. The van der Waals surface area contributed by atoms with Gasteiger partial charge in [0.2, 0.25) is 0 Å². The Hall–Kier alpha value is -2.09. The topological polar surface area (TPSA) is 51.2 Å². The van der Waals surface area contributed by atoms with E-state index in [0.717, 1.165) is 23.5 Å². The number of hydrogen-bond donors (Lipinski definition) is 1. The Balaban J connectivity index is 2.07. The molecule has 112 valence electrons. The van der Waals surface area contributed by atoms with E-state index >= 15 is 0 Å². The number of rotatable bonds is 5. The van der Waals surface area contributed by atoms with Gasteiger partial charge in [0, 0.05) is 23.2 Å². The largest absolute Gasteiger partial charge is 0.466 e. The molecule has 0 fully saturated rings. The molecule has 21 heavy (non-hydrogen) atoms. The lowest BCUT2D eigenvalue weighted by Crippen LogP contribution is -2.07. The van der Waals surface area contributed by atoms with Crippen LogP contribution in [-0.2, 0) is 16.0 Å². The maximum Gasteiger partial charge on any atom is 0.311 e. The van der Waals surface area contributed by atoms with Crippen molar-refractivity contribution in [3.05, 3.63) is 40.7 Å². The van der Waals surface area contributed by atoms with Gasteiger partial charge in [-0.15, -0.1) is 11.3 Å². The summed E-state index contributed by atoms with van der Waals surface area (Å²) in [6.07, 6.45) is 0.0121. The van der Waals surface area contributed by atoms with E-state index in [0.29, 0.717) is 10.8 Å². The molecule has 0 unspecified atom stereocenters. The average molecular weight is 316 g/mol. The first kappa shape index (κ1) is 15.3. The first-order valence-electron chi connectivity index (χ1n) is 6.01. The Morgan fingerprint density at radius 2 is 2.00 bits per heavy atom. The van der Waals surface area contributed by atoms with Gasteiger partial charge in [-0.25, -0.2) is 18.2 Å². The van der Waals surface area contributed by atoms with Crippen LogP contribution in [0.2, 0.25) is 0 Å². The number of aromatic nitrogens is 1. The zero-order valence-electron chi connectivity index (χ0n) is 11.0. The van der Waals surface area contributed by atoms with Crippen LogP contribution >= 0.6 is 11.3 Å². The lowest BCUT2D eigenvalue weighted by atomic mass is 10.3. The Morgan fingerprint density at radius 3 is 2.62 bits per heavy atom. The quantitative estimate of drug-likeness (QED) is 0.678. The van der Waals surface area contributed by atoms with Gasteiger partial charge in [-0.2, -0.15) is 0 Å². The monoisotopic (exact) mass is 316 g/mol. The van der Waals surface area contributed by atoms with E-state index in [1.807, 2.05) is 0 Å². The van der Waals surface area contributed by atoms with Crippen LogP contribution < -0.4 is 5.32 Å². The second kappa shape index (κ2) is 6.57. The zero-order valence-corrected chi connectivity index (χ0v) is 11.8. The van der Waals surface area contributed by atoms with Gasteiger partial charge in [0.1, 0.15) is 0 Å². The molecule has 0 radical (unpaired) electrons. The number of halogens is 3. The molecule has 2 aromatic rings. The van der Waals surface area contributed by atoms with Crippen LogP contribution in [0.4, 0.5) is 24.0 Å². The van der Waals surface area contributed by atoms with Crippen LogP contribution in [0.3, 0.4) is 0 Å². The third-order valence-electron chi connectivity index (χ3n) is 2.42. The lowest BCUT2D eigenvalue weighted by molar-refractivity contribution is -0.142. The fourth-order valence-corrected chi connectivity index (χ4v) is 2.29. The fourth-order valence-electron chi connectivity index (χ4n) is 1.56. The van der Waals surface area contributed by atoms with Gasteiger partial charge >= 0.3 is 5.97 Å². The van der Waals surface area contributed by atoms with Crippen molar-refractivity contribution in [2.75, 3.05) is 11.9 Å². The molecule has 0 saturated carbocycles. The summed E-state index contributed by atoms with van der Waals surface area (Å²) in [5.41, 5.74) is 0.507. The van der Waals surface area contributed by atoms with Crippen molar-refractivity contribution in [2.24, 2.45) is 0 Å². The van der Waals surface area contributed by atoms with E-state index in [2.05, 4.69) is 10.3 Å². The number of nitrogens with one attached hydrogen (secondary N) is 1. The number of thiazole rings is 1. The molecule has 1 heterocycles. The van der Waals surface area contributed by atoms with E-state index in [-0.39, 0.29) is 18.7 Å². The van der Waals surface area contributed by atoms with Gasteiger partial charge in [0.05, 0.1) is 18.7 Å². The van der Waals surface area contributed by atoms with Crippen LogP contribution in [0, 0.1) is 17.5 Å². The van der Waals surface area contributed by atoms with Crippen LogP contribution in [0.25, 0.3) is 0 Å². The van der Waals surface area contributed by atoms with Crippen molar-refractivity contribution < 1.29 is 22.7 Å². The van der Waals surface area contributed by atoms with Crippen molar-refractivity contribution in [1.82, 2.24) is 4.98 Å². The van der Waals surface area contributed by atoms with E-state index < -0.39 is 23.4 Å². The molecule has 8 heteroatoms. The molecule has 0 spiro atoms. The number of anilines is 2. The highest BCUT2D eigenvalue weighted by molar-refractivity contribution is 7.13. The summed E-state index contributed by atoms with van der Waals surface area (Å²) in [4.78, 5) is 15.4. The van der Waals surface area contributed by atoms with Gasteiger partial charge in [-0.1, -0.05) is 0 Å². The molecule has 0 amide bonds. The van der Waals surface area contributed by atoms with Crippen molar-refractivity contribution in [3.63, 3.8) is 0 Å². The highest BCUT2D eigenvalue weighted by Gasteiger charge is 2.12. The normalized spacial score (nSPS) is 10.5. The molecule has 0 aliphatic heterocycles. The van der Waals surface area contributed by atoms with Gasteiger partial charge in [-0.3, -0.25) is 4.79 Å².